The maximum Gasteiger partial charge on any atom is 0.287 e. The second-order valence-electron chi connectivity index (χ2n) is 7.45. The van der Waals surface area contributed by atoms with Crippen LogP contribution in [0.15, 0.2) is 16.5 Å². The number of aryl methyl sites for hydroxylation is 1. The Bertz CT molecular complexity index is 943. The van der Waals surface area contributed by atoms with Crippen molar-refractivity contribution in [1.29, 1.82) is 0 Å². The summed E-state index contributed by atoms with van der Waals surface area (Å²) in [4.78, 5) is 24.9. The lowest BCUT2D eigenvalue weighted by atomic mass is 9.94. The Morgan fingerprint density at radius 1 is 1.32 bits per heavy atom. The number of carbonyl (C=O) groups is 2. The van der Waals surface area contributed by atoms with Crippen LogP contribution >= 0.6 is 0 Å². The van der Waals surface area contributed by atoms with Crippen LogP contribution in [0.5, 0.6) is 11.5 Å². The molecule has 1 aromatic heterocycles. The van der Waals surface area contributed by atoms with Gasteiger partial charge in [0.25, 0.3) is 5.91 Å². The molecule has 1 unspecified atom stereocenters. The first-order valence-electron chi connectivity index (χ1n) is 9.86. The molecule has 1 aromatic carbocycles. The number of amides is 1. The predicted molar refractivity (Wildman–Crippen MR) is 103 cm³/mol. The highest BCUT2D eigenvalue weighted by Crippen LogP contribution is 2.35. The SMILES string of the molecule is CCOc1cc2c(cc1CNC(=O)c1oc3c(c1C)C(=O)CCC3)OC(C)C2. The number of rotatable bonds is 5. The molecular weight excluding hydrogens is 358 g/mol. The molecule has 2 heterocycles. The van der Waals surface area contributed by atoms with Crippen LogP contribution in [0.25, 0.3) is 0 Å². The molecule has 2 aliphatic rings. The molecule has 0 fully saturated rings. The average molecular weight is 383 g/mol. The van der Waals surface area contributed by atoms with Crippen LogP contribution in [-0.4, -0.2) is 24.4 Å². The summed E-state index contributed by atoms with van der Waals surface area (Å²) < 4.78 is 17.3. The van der Waals surface area contributed by atoms with E-state index < -0.39 is 0 Å². The molecule has 4 rings (SSSR count). The fourth-order valence-electron chi connectivity index (χ4n) is 4.03. The van der Waals surface area contributed by atoms with E-state index in [0.29, 0.717) is 36.3 Å². The highest BCUT2D eigenvalue weighted by atomic mass is 16.5. The fourth-order valence-corrected chi connectivity index (χ4v) is 4.03. The molecule has 0 radical (unpaired) electrons. The lowest BCUT2D eigenvalue weighted by molar-refractivity contribution is 0.0916. The van der Waals surface area contributed by atoms with Crippen molar-refractivity contribution in [2.24, 2.45) is 0 Å². The lowest BCUT2D eigenvalue weighted by Crippen LogP contribution is -2.23. The van der Waals surface area contributed by atoms with Gasteiger partial charge in [0.15, 0.2) is 11.5 Å². The highest BCUT2D eigenvalue weighted by molar-refractivity contribution is 6.03. The van der Waals surface area contributed by atoms with Crippen molar-refractivity contribution in [3.05, 3.63) is 45.9 Å². The molecule has 2 aromatic rings. The Kier molecular flexibility index (Phi) is 4.87. The van der Waals surface area contributed by atoms with Gasteiger partial charge in [0.2, 0.25) is 0 Å². The number of carbonyl (C=O) groups excluding carboxylic acids is 2. The molecule has 1 amide bonds. The van der Waals surface area contributed by atoms with Crippen LogP contribution in [0.1, 0.15) is 70.1 Å². The number of ether oxygens (including phenoxy) is 2. The van der Waals surface area contributed by atoms with Crippen molar-refractivity contribution in [3.8, 4) is 11.5 Å². The van der Waals surface area contributed by atoms with E-state index in [9.17, 15) is 9.59 Å². The first-order chi connectivity index (χ1) is 13.5. The third-order valence-corrected chi connectivity index (χ3v) is 5.33. The number of Topliss-reactive ketones (excluding diaryl/α,β-unsaturated/α-hetero) is 1. The number of nitrogens with one attached hydrogen (secondary N) is 1. The minimum atomic E-state index is -0.322. The Balaban J connectivity index is 1.54. The Hall–Kier alpha value is -2.76. The summed E-state index contributed by atoms with van der Waals surface area (Å²) in [5.41, 5.74) is 3.20. The molecule has 1 aliphatic carbocycles. The summed E-state index contributed by atoms with van der Waals surface area (Å²) in [6, 6.07) is 3.94. The summed E-state index contributed by atoms with van der Waals surface area (Å²) in [6.45, 7) is 6.57. The highest BCUT2D eigenvalue weighted by Gasteiger charge is 2.29. The minimum Gasteiger partial charge on any atom is -0.494 e. The summed E-state index contributed by atoms with van der Waals surface area (Å²) in [6.07, 6.45) is 2.98. The third-order valence-electron chi connectivity index (χ3n) is 5.33. The average Bonchev–Trinajstić information content (AvgIpc) is 3.19. The summed E-state index contributed by atoms with van der Waals surface area (Å²) in [5.74, 6) is 2.19. The predicted octanol–water partition coefficient (Wildman–Crippen LogP) is 3.76. The number of fused-ring (bicyclic) bond motifs is 2. The molecule has 6 heteroatoms. The fraction of sp³-hybridized carbons (Fsp3) is 0.455. The zero-order chi connectivity index (χ0) is 19.8. The molecular formula is C22H25NO5. The van der Waals surface area contributed by atoms with Crippen LogP contribution in [0.3, 0.4) is 0 Å². The van der Waals surface area contributed by atoms with E-state index in [1.54, 1.807) is 6.92 Å². The molecule has 0 spiro atoms. The van der Waals surface area contributed by atoms with Crippen LogP contribution in [0.2, 0.25) is 0 Å². The zero-order valence-corrected chi connectivity index (χ0v) is 16.5. The van der Waals surface area contributed by atoms with Gasteiger partial charge in [-0.2, -0.15) is 0 Å². The van der Waals surface area contributed by atoms with Gasteiger partial charge in [0, 0.05) is 42.5 Å². The zero-order valence-electron chi connectivity index (χ0n) is 16.5. The van der Waals surface area contributed by atoms with Gasteiger partial charge in [0.05, 0.1) is 12.2 Å². The smallest absolute Gasteiger partial charge is 0.287 e. The standard InChI is InChI=1S/C22H25NO5/c1-4-26-18-9-14-8-12(2)27-19(14)10-15(18)11-23-22(25)21-13(3)20-16(24)6-5-7-17(20)28-21/h9-10,12H,4-8,11H2,1-3H3,(H,23,25). The van der Waals surface area contributed by atoms with Gasteiger partial charge in [-0.15, -0.1) is 0 Å². The largest absolute Gasteiger partial charge is 0.494 e. The number of hydrogen-bond acceptors (Lipinski definition) is 5. The number of benzene rings is 1. The summed E-state index contributed by atoms with van der Waals surface area (Å²) in [5, 5.41) is 2.90. The third kappa shape index (κ3) is 3.28. The molecule has 0 saturated heterocycles. The summed E-state index contributed by atoms with van der Waals surface area (Å²) >= 11 is 0. The van der Waals surface area contributed by atoms with Gasteiger partial charge in [-0.3, -0.25) is 9.59 Å². The van der Waals surface area contributed by atoms with Gasteiger partial charge in [-0.1, -0.05) is 0 Å². The van der Waals surface area contributed by atoms with Crippen LogP contribution in [-0.2, 0) is 19.4 Å². The summed E-state index contributed by atoms with van der Waals surface area (Å²) in [7, 11) is 0. The first-order valence-corrected chi connectivity index (χ1v) is 9.86. The van der Waals surface area contributed by atoms with E-state index >= 15 is 0 Å². The van der Waals surface area contributed by atoms with Gasteiger partial charge < -0.3 is 19.2 Å². The molecule has 1 atom stereocenters. The molecule has 148 valence electrons. The molecule has 1 aliphatic heterocycles. The van der Waals surface area contributed by atoms with Crippen molar-refractivity contribution in [1.82, 2.24) is 5.32 Å². The second-order valence-corrected chi connectivity index (χ2v) is 7.45. The molecule has 0 bridgehead atoms. The van der Waals surface area contributed by atoms with Crippen molar-refractivity contribution in [2.45, 2.75) is 59.1 Å². The van der Waals surface area contributed by atoms with Crippen LogP contribution < -0.4 is 14.8 Å². The molecule has 0 saturated carbocycles. The number of hydrogen-bond donors (Lipinski definition) is 1. The van der Waals surface area contributed by atoms with Gasteiger partial charge in [-0.05, 0) is 39.3 Å². The Morgan fingerprint density at radius 2 is 2.14 bits per heavy atom. The maximum atomic E-state index is 12.7. The normalized spacial score (nSPS) is 17.7. The molecule has 28 heavy (non-hydrogen) atoms. The Morgan fingerprint density at radius 3 is 2.89 bits per heavy atom. The Labute approximate surface area is 164 Å². The molecule has 6 nitrogen and oxygen atoms in total. The van der Waals surface area contributed by atoms with Crippen molar-refractivity contribution >= 4 is 11.7 Å². The van der Waals surface area contributed by atoms with E-state index in [2.05, 4.69) is 5.32 Å². The van der Waals surface area contributed by atoms with E-state index in [-0.39, 0.29) is 30.1 Å². The second kappa shape index (κ2) is 7.34. The van der Waals surface area contributed by atoms with Crippen molar-refractivity contribution in [2.75, 3.05) is 6.61 Å². The van der Waals surface area contributed by atoms with E-state index in [4.69, 9.17) is 13.9 Å². The number of furan rings is 1. The first kappa shape index (κ1) is 18.6. The monoisotopic (exact) mass is 383 g/mol. The van der Waals surface area contributed by atoms with Gasteiger partial charge in [-0.25, -0.2) is 0 Å². The number of ketones is 1. The maximum absolute atomic E-state index is 12.7. The van der Waals surface area contributed by atoms with Gasteiger partial charge in [0.1, 0.15) is 23.4 Å². The molecule has 1 N–H and O–H groups in total. The van der Waals surface area contributed by atoms with Crippen molar-refractivity contribution < 1.29 is 23.5 Å². The van der Waals surface area contributed by atoms with Gasteiger partial charge >= 0.3 is 0 Å². The van der Waals surface area contributed by atoms with E-state index in [1.165, 1.54) is 0 Å². The quantitative estimate of drug-likeness (QED) is 0.851. The van der Waals surface area contributed by atoms with E-state index in [1.807, 2.05) is 26.0 Å². The topological polar surface area (TPSA) is 77.8 Å². The van der Waals surface area contributed by atoms with Crippen molar-refractivity contribution in [3.63, 3.8) is 0 Å². The lowest BCUT2D eigenvalue weighted by Gasteiger charge is -2.13. The van der Waals surface area contributed by atoms with Crippen LogP contribution in [0, 0.1) is 6.92 Å². The van der Waals surface area contributed by atoms with E-state index in [0.717, 1.165) is 35.5 Å². The van der Waals surface area contributed by atoms with Crippen LogP contribution in [0.4, 0.5) is 0 Å². The minimum absolute atomic E-state index is 0.0603.